The molecular formula is C32H34Cl2N2O. The van der Waals surface area contributed by atoms with Gasteiger partial charge in [-0.15, -0.1) is 0 Å². The molecule has 3 nitrogen and oxygen atoms in total. The van der Waals surface area contributed by atoms with Crippen LogP contribution < -0.4 is 5.32 Å². The number of allylic oxidation sites excluding steroid dienone is 1. The molecule has 3 aromatic carbocycles. The van der Waals surface area contributed by atoms with Crippen LogP contribution in [0.5, 0.6) is 0 Å². The fourth-order valence-electron chi connectivity index (χ4n) is 6.18. The fourth-order valence-corrected chi connectivity index (χ4v) is 6.49. The maximum atomic E-state index is 13.3. The number of amides is 1. The van der Waals surface area contributed by atoms with Crippen LogP contribution in [-0.4, -0.2) is 37.5 Å². The number of fused-ring (bicyclic) bond motifs is 2. The molecule has 37 heavy (non-hydrogen) atoms. The number of nitrogens with zero attached hydrogens (tertiary/aromatic N) is 1. The summed E-state index contributed by atoms with van der Waals surface area (Å²) in [5, 5.41) is 4.66. The number of carbonyl (C=O) groups excluding carboxylic acids is 1. The summed E-state index contributed by atoms with van der Waals surface area (Å²) in [5.74, 6) is 0.174. The number of hydrogen-bond acceptors (Lipinski definition) is 2. The minimum atomic E-state index is 0.0380. The molecule has 1 fully saturated rings. The van der Waals surface area contributed by atoms with Gasteiger partial charge in [-0.1, -0.05) is 82.9 Å². The first-order valence-electron chi connectivity index (χ1n) is 13.2. The van der Waals surface area contributed by atoms with E-state index in [0.29, 0.717) is 16.6 Å². The third kappa shape index (κ3) is 5.36. The average Bonchev–Trinajstić information content (AvgIpc) is 3.20. The second kappa shape index (κ2) is 11.0. The van der Waals surface area contributed by atoms with Crippen molar-refractivity contribution in [3.8, 4) is 0 Å². The summed E-state index contributed by atoms with van der Waals surface area (Å²) in [4.78, 5) is 15.1. The summed E-state index contributed by atoms with van der Waals surface area (Å²) in [5.41, 5.74) is 7.40. The first kappa shape index (κ1) is 26.0. The van der Waals surface area contributed by atoms with E-state index in [1.807, 2.05) is 55.3 Å². The Morgan fingerprint density at radius 3 is 2.54 bits per heavy atom. The summed E-state index contributed by atoms with van der Waals surface area (Å²) in [6, 6.07) is 22.6. The lowest BCUT2D eigenvalue weighted by atomic mass is 9.69. The minimum Gasteiger partial charge on any atom is -0.341 e. The topological polar surface area (TPSA) is 32.3 Å². The summed E-state index contributed by atoms with van der Waals surface area (Å²) < 4.78 is 0. The highest BCUT2D eigenvalue weighted by molar-refractivity contribution is 6.42. The Labute approximate surface area is 230 Å². The number of hydrogen-bond donors (Lipinski definition) is 1. The van der Waals surface area contributed by atoms with Crippen LogP contribution in [0.3, 0.4) is 0 Å². The monoisotopic (exact) mass is 532 g/mol. The van der Waals surface area contributed by atoms with Crippen LogP contribution in [0.2, 0.25) is 10.0 Å². The summed E-state index contributed by atoms with van der Waals surface area (Å²) in [6.45, 7) is 4.70. The molecule has 0 bridgehead atoms. The van der Waals surface area contributed by atoms with Crippen LogP contribution in [0.25, 0.3) is 6.08 Å². The lowest BCUT2D eigenvalue weighted by molar-refractivity contribution is 0.0784. The van der Waals surface area contributed by atoms with Crippen molar-refractivity contribution in [3.63, 3.8) is 0 Å². The Hall–Kier alpha value is -2.59. The highest BCUT2D eigenvalue weighted by Gasteiger charge is 2.41. The second-order valence-corrected chi connectivity index (χ2v) is 11.4. The predicted molar refractivity (Wildman–Crippen MR) is 155 cm³/mol. The van der Waals surface area contributed by atoms with Gasteiger partial charge in [-0.2, -0.15) is 0 Å². The highest BCUT2D eigenvalue weighted by Crippen LogP contribution is 2.50. The van der Waals surface area contributed by atoms with Gasteiger partial charge >= 0.3 is 0 Å². The van der Waals surface area contributed by atoms with E-state index in [0.717, 1.165) is 55.5 Å². The summed E-state index contributed by atoms with van der Waals surface area (Å²) >= 11 is 12.7. The Morgan fingerprint density at radius 1 is 1.00 bits per heavy atom. The van der Waals surface area contributed by atoms with Gasteiger partial charge in [0.2, 0.25) is 0 Å². The third-order valence-corrected chi connectivity index (χ3v) is 8.90. The Morgan fingerprint density at radius 2 is 1.78 bits per heavy atom. The van der Waals surface area contributed by atoms with Crippen molar-refractivity contribution in [2.75, 3.05) is 26.7 Å². The van der Waals surface area contributed by atoms with E-state index in [1.54, 1.807) is 0 Å². The van der Waals surface area contributed by atoms with Crippen molar-refractivity contribution in [1.29, 1.82) is 0 Å². The van der Waals surface area contributed by atoms with E-state index >= 15 is 0 Å². The van der Waals surface area contributed by atoms with Crippen molar-refractivity contribution >= 4 is 35.2 Å². The number of carbonyl (C=O) groups is 1. The molecule has 1 heterocycles. The first-order valence-corrected chi connectivity index (χ1v) is 13.9. The molecule has 0 saturated carbocycles. The van der Waals surface area contributed by atoms with E-state index in [2.05, 4.69) is 41.7 Å². The maximum Gasteiger partial charge on any atom is 0.253 e. The number of benzene rings is 3. The lowest BCUT2D eigenvalue weighted by Gasteiger charge is -2.38. The highest BCUT2D eigenvalue weighted by atomic mass is 35.5. The van der Waals surface area contributed by atoms with E-state index in [-0.39, 0.29) is 17.2 Å². The predicted octanol–water partition coefficient (Wildman–Crippen LogP) is 7.66. The third-order valence-electron chi connectivity index (χ3n) is 8.16. The maximum absolute atomic E-state index is 13.3. The number of piperidine rings is 1. The molecule has 2 aliphatic rings. The molecule has 5 rings (SSSR count). The molecule has 3 aromatic rings. The Balaban J connectivity index is 1.40. The quantitative estimate of drug-likeness (QED) is 0.338. The second-order valence-electron chi connectivity index (χ2n) is 10.6. The van der Waals surface area contributed by atoms with Gasteiger partial charge in [0.25, 0.3) is 5.91 Å². The summed E-state index contributed by atoms with van der Waals surface area (Å²) in [6.07, 6.45) is 6.58. The smallest absolute Gasteiger partial charge is 0.253 e. The van der Waals surface area contributed by atoms with Crippen LogP contribution in [0, 0.1) is 6.92 Å². The zero-order valence-electron chi connectivity index (χ0n) is 21.6. The minimum absolute atomic E-state index is 0.0380. The fraction of sp³-hybridized carbons (Fsp3) is 0.344. The van der Waals surface area contributed by atoms with Gasteiger partial charge in [-0.25, -0.2) is 0 Å². The van der Waals surface area contributed by atoms with Gasteiger partial charge in [-0.05, 0) is 86.7 Å². The Bertz CT molecular complexity index is 1330. The molecule has 1 aliphatic heterocycles. The largest absolute Gasteiger partial charge is 0.341 e. The SMILES string of the molecule is Cc1cccc(C(=O)N(C)C[C@@H](CCC2=Cc3ccccc3C23CCNCC3)c2ccc(Cl)c(Cl)c2)c1. The van der Waals surface area contributed by atoms with Crippen LogP contribution in [0.4, 0.5) is 0 Å². The molecule has 0 unspecified atom stereocenters. The molecular weight excluding hydrogens is 499 g/mol. The van der Waals surface area contributed by atoms with Gasteiger partial charge in [0.05, 0.1) is 10.0 Å². The molecule has 1 N–H and O–H groups in total. The van der Waals surface area contributed by atoms with Crippen LogP contribution in [-0.2, 0) is 5.41 Å². The van der Waals surface area contributed by atoms with Gasteiger partial charge < -0.3 is 10.2 Å². The van der Waals surface area contributed by atoms with Gasteiger partial charge in [0.1, 0.15) is 0 Å². The summed E-state index contributed by atoms with van der Waals surface area (Å²) in [7, 11) is 1.90. The number of likely N-dealkylation sites (N-methyl/N-ethyl adjacent to an activating group) is 1. The van der Waals surface area contributed by atoms with E-state index in [9.17, 15) is 4.79 Å². The molecule has 1 amide bonds. The molecule has 192 valence electrons. The van der Waals surface area contributed by atoms with Gasteiger partial charge in [-0.3, -0.25) is 4.79 Å². The lowest BCUT2D eigenvalue weighted by Crippen LogP contribution is -2.40. The molecule has 1 aliphatic carbocycles. The van der Waals surface area contributed by atoms with E-state index in [4.69, 9.17) is 23.2 Å². The average molecular weight is 534 g/mol. The first-order chi connectivity index (χ1) is 17.9. The van der Waals surface area contributed by atoms with Gasteiger partial charge in [0.15, 0.2) is 0 Å². The Kier molecular flexibility index (Phi) is 7.76. The molecule has 0 radical (unpaired) electrons. The van der Waals surface area contributed by atoms with Gasteiger partial charge in [0, 0.05) is 30.5 Å². The molecule has 5 heteroatoms. The standard InChI is InChI=1S/C32H34Cl2N2O/c1-22-6-5-8-25(18-22)31(37)36(2)21-26(23-11-13-29(33)30(34)20-23)10-12-27-19-24-7-3-4-9-28(24)32(27)14-16-35-17-15-32/h3-9,11,13,18-20,26,35H,10,12,14-17,21H2,1-2H3/t26-/m1/s1. The zero-order valence-corrected chi connectivity index (χ0v) is 23.1. The van der Waals surface area contributed by atoms with Crippen LogP contribution >= 0.6 is 23.2 Å². The number of rotatable bonds is 7. The van der Waals surface area contributed by atoms with Crippen LogP contribution in [0.15, 0.2) is 72.3 Å². The van der Waals surface area contributed by atoms with Crippen molar-refractivity contribution in [2.24, 2.45) is 0 Å². The van der Waals surface area contributed by atoms with Crippen LogP contribution in [0.1, 0.15) is 64.2 Å². The number of aryl methyl sites for hydroxylation is 1. The molecule has 1 spiro atoms. The van der Waals surface area contributed by atoms with Crippen molar-refractivity contribution < 1.29 is 4.79 Å². The van der Waals surface area contributed by atoms with E-state index in [1.165, 1.54) is 16.7 Å². The van der Waals surface area contributed by atoms with Crippen molar-refractivity contribution in [1.82, 2.24) is 10.2 Å². The van der Waals surface area contributed by atoms with E-state index < -0.39 is 0 Å². The van der Waals surface area contributed by atoms with Crippen molar-refractivity contribution in [3.05, 3.63) is 110 Å². The molecule has 1 atom stereocenters. The zero-order chi connectivity index (χ0) is 26.0. The number of nitrogens with one attached hydrogen (secondary N) is 1. The number of halogens is 2. The molecule has 1 saturated heterocycles. The van der Waals surface area contributed by atoms with Crippen molar-refractivity contribution in [2.45, 2.75) is 43.9 Å². The normalized spacial score (nSPS) is 16.8. The molecule has 0 aromatic heterocycles.